The number of rotatable bonds is 5. The second-order valence-corrected chi connectivity index (χ2v) is 11.1. The second-order valence-electron chi connectivity index (χ2n) is 8.04. The first-order chi connectivity index (χ1) is 14.4. The van der Waals surface area contributed by atoms with E-state index in [-0.39, 0.29) is 21.8 Å². The normalized spacial score (nSPS) is 21.1. The largest absolute Gasteiger partial charge is 0.341 e. The number of Topliss-reactive ketones (excluding diaryl/α,β-unsaturated/α-hetero) is 1. The van der Waals surface area contributed by atoms with Crippen LogP contribution in [0.15, 0.2) is 46.0 Å². The van der Waals surface area contributed by atoms with Gasteiger partial charge >= 0.3 is 0 Å². The number of amides is 1. The molecular weight excluding hydrogens is 420 g/mol. The molecule has 0 aliphatic carbocycles. The van der Waals surface area contributed by atoms with Gasteiger partial charge in [0.05, 0.1) is 0 Å². The van der Waals surface area contributed by atoms with Gasteiger partial charge in [0.15, 0.2) is 5.78 Å². The molecule has 4 rings (SSSR count). The second kappa shape index (κ2) is 8.61. The molecule has 6 nitrogen and oxygen atoms in total. The van der Waals surface area contributed by atoms with E-state index >= 15 is 0 Å². The minimum Gasteiger partial charge on any atom is -0.341 e. The minimum atomic E-state index is -3.64. The molecule has 30 heavy (non-hydrogen) atoms. The summed E-state index contributed by atoms with van der Waals surface area (Å²) in [4.78, 5) is 27.7. The number of ketones is 1. The van der Waals surface area contributed by atoms with Crippen molar-refractivity contribution in [3.8, 4) is 0 Å². The summed E-state index contributed by atoms with van der Waals surface area (Å²) in [5.74, 6) is -0.0926. The Bertz CT molecular complexity index is 1010. The zero-order valence-corrected chi connectivity index (χ0v) is 18.6. The van der Waals surface area contributed by atoms with Gasteiger partial charge < -0.3 is 4.90 Å². The third kappa shape index (κ3) is 4.08. The smallest absolute Gasteiger partial charge is 0.253 e. The van der Waals surface area contributed by atoms with Crippen LogP contribution >= 0.6 is 11.3 Å². The Morgan fingerprint density at radius 3 is 2.33 bits per heavy atom. The quantitative estimate of drug-likeness (QED) is 0.661. The van der Waals surface area contributed by atoms with E-state index in [1.54, 1.807) is 22.4 Å². The Hall–Kier alpha value is -2.03. The SMILES string of the molecule is Cc1ccc(C(=O)C2CCN(C(=O)C3CCCN3S(=O)(=O)c3cccs3)CC2)cc1. The topological polar surface area (TPSA) is 74.8 Å². The Balaban J connectivity index is 1.40. The van der Waals surface area contributed by atoms with Crippen LogP contribution in [-0.4, -0.2) is 55.0 Å². The van der Waals surface area contributed by atoms with Gasteiger partial charge in [0.2, 0.25) is 5.91 Å². The molecule has 1 aromatic heterocycles. The van der Waals surface area contributed by atoms with Gasteiger partial charge in [-0.15, -0.1) is 11.3 Å². The summed E-state index contributed by atoms with van der Waals surface area (Å²) < 4.78 is 27.5. The number of likely N-dealkylation sites (tertiary alicyclic amines) is 1. The summed E-state index contributed by atoms with van der Waals surface area (Å²) in [6.45, 7) is 3.34. The van der Waals surface area contributed by atoms with Crippen LogP contribution in [0.25, 0.3) is 0 Å². The Morgan fingerprint density at radius 2 is 1.70 bits per heavy atom. The molecule has 160 valence electrons. The fourth-order valence-electron chi connectivity index (χ4n) is 4.33. The molecule has 2 aliphatic heterocycles. The number of hydrogen-bond donors (Lipinski definition) is 0. The van der Waals surface area contributed by atoms with E-state index in [4.69, 9.17) is 0 Å². The van der Waals surface area contributed by atoms with E-state index in [0.29, 0.717) is 45.3 Å². The number of benzene rings is 1. The molecule has 2 fully saturated rings. The average molecular weight is 447 g/mol. The predicted octanol–water partition coefficient (Wildman–Crippen LogP) is 3.33. The summed E-state index contributed by atoms with van der Waals surface area (Å²) in [6.07, 6.45) is 2.46. The van der Waals surface area contributed by atoms with Gasteiger partial charge in [-0.05, 0) is 44.1 Å². The van der Waals surface area contributed by atoms with Gasteiger partial charge in [-0.1, -0.05) is 35.9 Å². The van der Waals surface area contributed by atoms with Crippen LogP contribution in [0.4, 0.5) is 0 Å². The molecule has 1 atom stereocenters. The van der Waals surface area contributed by atoms with E-state index in [0.717, 1.165) is 11.1 Å². The number of thiophene rings is 1. The first-order valence-electron chi connectivity index (χ1n) is 10.3. The van der Waals surface area contributed by atoms with Gasteiger partial charge in [0.25, 0.3) is 10.0 Å². The highest BCUT2D eigenvalue weighted by Crippen LogP contribution is 2.31. The number of aryl methyl sites for hydroxylation is 1. The lowest BCUT2D eigenvalue weighted by Crippen LogP contribution is -2.50. The molecule has 2 aliphatic rings. The molecule has 8 heteroatoms. The van der Waals surface area contributed by atoms with Gasteiger partial charge in [0.1, 0.15) is 10.3 Å². The van der Waals surface area contributed by atoms with Gasteiger partial charge in [-0.2, -0.15) is 4.31 Å². The number of nitrogens with zero attached hydrogens (tertiary/aromatic N) is 2. The first-order valence-corrected chi connectivity index (χ1v) is 12.6. The van der Waals surface area contributed by atoms with Crippen LogP contribution in [-0.2, 0) is 14.8 Å². The van der Waals surface area contributed by atoms with Crippen LogP contribution in [0, 0.1) is 12.8 Å². The summed E-state index contributed by atoms with van der Waals surface area (Å²) in [7, 11) is -3.64. The van der Waals surface area contributed by atoms with E-state index in [1.165, 1.54) is 15.6 Å². The fourth-order valence-corrected chi connectivity index (χ4v) is 7.10. The molecule has 3 heterocycles. The van der Waals surface area contributed by atoms with Crippen LogP contribution < -0.4 is 0 Å². The monoisotopic (exact) mass is 446 g/mol. The maximum absolute atomic E-state index is 13.1. The van der Waals surface area contributed by atoms with Crippen molar-refractivity contribution in [1.29, 1.82) is 0 Å². The molecule has 2 aromatic rings. The standard InChI is InChI=1S/C22H26N2O4S2/c1-16-6-8-17(9-7-16)21(25)18-10-13-23(14-11-18)22(26)19-4-2-12-24(19)30(27,28)20-5-3-15-29-20/h3,5-9,15,18-19H,2,4,10-14H2,1H3. The van der Waals surface area contributed by atoms with Crippen molar-refractivity contribution in [2.45, 2.75) is 42.9 Å². The number of hydrogen-bond acceptors (Lipinski definition) is 5. The zero-order valence-electron chi connectivity index (χ0n) is 17.0. The number of sulfonamides is 1. The van der Waals surface area contributed by atoms with E-state index < -0.39 is 16.1 Å². The molecule has 0 bridgehead atoms. The molecular formula is C22H26N2O4S2. The maximum atomic E-state index is 13.1. The van der Waals surface area contributed by atoms with E-state index in [2.05, 4.69) is 0 Å². The lowest BCUT2D eigenvalue weighted by molar-refractivity contribution is -0.135. The molecule has 1 amide bonds. The zero-order chi connectivity index (χ0) is 21.3. The van der Waals surface area contributed by atoms with Crippen LogP contribution in [0.1, 0.15) is 41.6 Å². The lowest BCUT2D eigenvalue weighted by atomic mass is 9.88. The van der Waals surface area contributed by atoms with Crippen molar-refractivity contribution >= 4 is 33.1 Å². The van der Waals surface area contributed by atoms with Crippen molar-refractivity contribution in [2.75, 3.05) is 19.6 Å². The van der Waals surface area contributed by atoms with Crippen LogP contribution in [0.5, 0.6) is 0 Å². The molecule has 0 N–H and O–H groups in total. The summed E-state index contributed by atoms with van der Waals surface area (Å²) in [6, 6.07) is 10.3. The first kappa shape index (κ1) is 21.2. The Labute approximate surface area is 181 Å². The van der Waals surface area contributed by atoms with Crippen molar-refractivity contribution in [1.82, 2.24) is 9.21 Å². The Morgan fingerprint density at radius 1 is 1.00 bits per heavy atom. The van der Waals surface area contributed by atoms with Gasteiger partial charge in [0, 0.05) is 31.1 Å². The predicted molar refractivity (Wildman–Crippen MR) is 116 cm³/mol. The summed E-state index contributed by atoms with van der Waals surface area (Å²) in [5, 5.41) is 1.73. The third-order valence-corrected chi connectivity index (χ3v) is 9.34. The maximum Gasteiger partial charge on any atom is 0.253 e. The van der Waals surface area contributed by atoms with E-state index in [9.17, 15) is 18.0 Å². The van der Waals surface area contributed by atoms with Gasteiger partial charge in [-0.25, -0.2) is 8.42 Å². The van der Waals surface area contributed by atoms with Crippen molar-refractivity contribution in [3.05, 3.63) is 52.9 Å². The van der Waals surface area contributed by atoms with Gasteiger partial charge in [-0.3, -0.25) is 9.59 Å². The molecule has 1 unspecified atom stereocenters. The van der Waals surface area contributed by atoms with Crippen LogP contribution in [0.3, 0.4) is 0 Å². The van der Waals surface area contributed by atoms with Crippen molar-refractivity contribution < 1.29 is 18.0 Å². The molecule has 2 saturated heterocycles. The number of carbonyl (C=O) groups excluding carboxylic acids is 2. The number of piperidine rings is 1. The average Bonchev–Trinajstić information content (AvgIpc) is 3.46. The highest BCUT2D eigenvalue weighted by Gasteiger charge is 2.42. The third-order valence-electron chi connectivity index (χ3n) is 6.06. The van der Waals surface area contributed by atoms with Crippen molar-refractivity contribution in [3.63, 3.8) is 0 Å². The lowest BCUT2D eigenvalue weighted by Gasteiger charge is -2.34. The van der Waals surface area contributed by atoms with Crippen molar-refractivity contribution in [2.24, 2.45) is 5.92 Å². The number of carbonyl (C=O) groups is 2. The molecule has 0 saturated carbocycles. The summed E-state index contributed by atoms with van der Waals surface area (Å²) in [5.41, 5.74) is 1.83. The Kier molecular flexibility index (Phi) is 6.09. The highest BCUT2D eigenvalue weighted by molar-refractivity contribution is 7.91. The minimum absolute atomic E-state index is 0.0914. The van der Waals surface area contributed by atoms with E-state index in [1.807, 2.05) is 31.2 Å². The molecule has 0 radical (unpaired) electrons. The summed E-state index contributed by atoms with van der Waals surface area (Å²) >= 11 is 1.18. The highest BCUT2D eigenvalue weighted by atomic mass is 32.2. The molecule has 0 spiro atoms. The van der Waals surface area contributed by atoms with Crippen LogP contribution in [0.2, 0.25) is 0 Å². The molecule has 1 aromatic carbocycles. The fraction of sp³-hybridized carbons (Fsp3) is 0.455.